The Morgan fingerprint density at radius 2 is 0.719 bits per heavy atom. The van der Waals surface area contributed by atoms with Gasteiger partial charge in [-0.2, -0.15) is 0 Å². The summed E-state index contributed by atoms with van der Waals surface area (Å²) in [5, 5.41) is 8.16. The molecule has 0 aromatic heterocycles. The minimum absolute atomic E-state index is 0.105. The van der Waals surface area contributed by atoms with E-state index < -0.39 is 0 Å². The number of ether oxygens (including phenoxy) is 5. The van der Waals surface area contributed by atoms with E-state index in [1.165, 1.54) is 27.7 Å². The highest BCUT2D eigenvalue weighted by Gasteiger charge is 1.96. The Balaban J connectivity index is -0.0000000955. The van der Waals surface area contributed by atoms with Crippen LogP contribution in [0.2, 0.25) is 0 Å². The van der Waals surface area contributed by atoms with Crippen molar-refractivity contribution in [3.63, 3.8) is 0 Å². The number of aliphatic hydroxyl groups excluding tert-OH is 1. The third-order valence-electron chi connectivity index (χ3n) is 2.01. The average Bonchev–Trinajstić information content (AvgIpc) is 2.64. The quantitative estimate of drug-likeness (QED) is 0.430. The molecule has 0 aliphatic rings. The van der Waals surface area contributed by atoms with Crippen molar-refractivity contribution in [2.75, 3.05) is 39.6 Å². The molecule has 0 aliphatic heterocycles. The minimum Gasteiger partial charge on any atom is -0.466 e. The number of hydrogen-bond acceptors (Lipinski definition) is 11. The molecule has 32 heavy (non-hydrogen) atoms. The molecule has 0 spiro atoms. The maximum absolute atomic E-state index is 10.3. The first-order valence-corrected chi connectivity index (χ1v) is 10.2. The zero-order valence-corrected chi connectivity index (χ0v) is 21.0. The summed E-state index contributed by atoms with van der Waals surface area (Å²) in [6.45, 7) is 16.6. The number of carbonyl (C=O) groups is 5. The summed E-state index contributed by atoms with van der Waals surface area (Å²) in [4.78, 5) is 49.5. The summed E-state index contributed by atoms with van der Waals surface area (Å²) in [6.07, 6.45) is 0.105. The lowest BCUT2D eigenvalue weighted by Gasteiger charge is -1.96. The minimum atomic E-state index is -0.338. The third kappa shape index (κ3) is 80.7. The molecule has 0 saturated heterocycles. The molecule has 0 aliphatic carbocycles. The molecule has 0 aromatic carbocycles. The monoisotopic (exact) mass is 470 g/mol. The maximum atomic E-state index is 10.3. The van der Waals surface area contributed by atoms with Gasteiger partial charge in [0.05, 0.1) is 46.1 Å². The van der Waals surface area contributed by atoms with E-state index in [1.54, 1.807) is 34.6 Å². The maximum Gasteiger partial charge on any atom is 0.308 e. The standard InChI is InChI=1S/C5H10O3.4C4H8O2/c1-2-8-5(7)3-4-6;4*1-3-6-4(2)5/h6H,2-4H2,1H3;4*3H2,1-2H3. The normalized spacial score (nSPS) is 7.94. The lowest BCUT2D eigenvalue weighted by molar-refractivity contribution is -0.144. The van der Waals surface area contributed by atoms with Crippen molar-refractivity contribution >= 4 is 29.8 Å². The predicted octanol–water partition coefficient (Wildman–Crippen LogP) is 2.21. The summed E-state index contributed by atoms with van der Waals surface area (Å²) in [6, 6.07) is 0. The van der Waals surface area contributed by atoms with Crippen LogP contribution < -0.4 is 0 Å². The van der Waals surface area contributed by atoms with Crippen LogP contribution in [0.5, 0.6) is 0 Å². The van der Waals surface area contributed by atoms with Crippen LogP contribution in [0.4, 0.5) is 0 Å². The van der Waals surface area contributed by atoms with Crippen molar-refractivity contribution in [1.82, 2.24) is 0 Å². The molecule has 0 unspecified atom stereocenters. The summed E-state index contributed by atoms with van der Waals surface area (Å²) >= 11 is 0. The molecule has 1 N–H and O–H groups in total. The van der Waals surface area contributed by atoms with E-state index in [-0.39, 0.29) is 42.9 Å². The van der Waals surface area contributed by atoms with Crippen LogP contribution in [-0.2, 0) is 47.7 Å². The fourth-order valence-corrected chi connectivity index (χ4v) is 1.14. The van der Waals surface area contributed by atoms with Gasteiger partial charge in [-0.1, -0.05) is 0 Å². The van der Waals surface area contributed by atoms with Gasteiger partial charge in [0.15, 0.2) is 0 Å². The fraction of sp³-hybridized carbons (Fsp3) is 0.762. The van der Waals surface area contributed by atoms with Gasteiger partial charge in [-0.15, -0.1) is 0 Å². The second-order valence-corrected chi connectivity index (χ2v) is 4.98. The molecule has 0 rings (SSSR count). The summed E-state index contributed by atoms with van der Waals surface area (Å²) in [7, 11) is 0. The number of rotatable bonds is 7. The van der Waals surface area contributed by atoms with Gasteiger partial charge in [0.2, 0.25) is 0 Å². The molecule has 11 heteroatoms. The third-order valence-corrected chi connectivity index (χ3v) is 2.01. The van der Waals surface area contributed by atoms with Gasteiger partial charge in [0, 0.05) is 27.7 Å². The van der Waals surface area contributed by atoms with E-state index >= 15 is 0 Å². The Bertz CT molecular complexity index is 391. The van der Waals surface area contributed by atoms with Crippen molar-refractivity contribution in [2.24, 2.45) is 0 Å². The lowest BCUT2D eigenvalue weighted by atomic mass is 10.5. The van der Waals surface area contributed by atoms with Crippen molar-refractivity contribution in [3.8, 4) is 0 Å². The Labute approximate surface area is 191 Å². The van der Waals surface area contributed by atoms with Crippen LogP contribution in [0.25, 0.3) is 0 Å². The van der Waals surface area contributed by atoms with Gasteiger partial charge in [0.1, 0.15) is 0 Å². The molecule has 0 aromatic rings. The molecule has 192 valence electrons. The van der Waals surface area contributed by atoms with Crippen LogP contribution in [0.1, 0.15) is 68.7 Å². The van der Waals surface area contributed by atoms with Crippen LogP contribution in [-0.4, -0.2) is 74.6 Å². The molecular formula is C21H42O11. The molecule has 0 bridgehead atoms. The zero-order chi connectivity index (χ0) is 26.4. The van der Waals surface area contributed by atoms with Crippen molar-refractivity contribution in [1.29, 1.82) is 0 Å². The SMILES string of the molecule is CCOC(=O)CCO.CCOC(C)=O.CCOC(C)=O.CCOC(C)=O.CCOC(C)=O. The Morgan fingerprint density at radius 3 is 0.812 bits per heavy atom. The first-order chi connectivity index (χ1) is 14.9. The van der Waals surface area contributed by atoms with Crippen molar-refractivity contribution < 1.29 is 52.8 Å². The molecular weight excluding hydrogens is 428 g/mol. The van der Waals surface area contributed by atoms with Crippen molar-refractivity contribution in [2.45, 2.75) is 68.7 Å². The highest BCUT2D eigenvalue weighted by atomic mass is 16.5. The van der Waals surface area contributed by atoms with E-state index in [9.17, 15) is 24.0 Å². The molecule has 0 heterocycles. The highest BCUT2D eigenvalue weighted by Crippen LogP contribution is 1.82. The van der Waals surface area contributed by atoms with Gasteiger partial charge in [-0.3, -0.25) is 24.0 Å². The lowest BCUT2D eigenvalue weighted by Crippen LogP contribution is -2.05. The predicted molar refractivity (Wildman–Crippen MR) is 118 cm³/mol. The van der Waals surface area contributed by atoms with Gasteiger partial charge in [-0.25, -0.2) is 0 Å². The van der Waals surface area contributed by atoms with E-state index in [2.05, 4.69) is 23.7 Å². The number of esters is 5. The average molecular weight is 471 g/mol. The second kappa shape index (κ2) is 35.7. The number of carbonyl (C=O) groups excluding carboxylic acids is 5. The second-order valence-electron chi connectivity index (χ2n) is 4.98. The first-order valence-electron chi connectivity index (χ1n) is 10.2. The molecule has 0 saturated carbocycles. The highest BCUT2D eigenvalue weighted by molar-refractivity contribution is 5.69. The van der Waals surface area contributed by atoms with Crippen LogP contribution in [0, 0.1) is 0 Å². The Hall–Kier alpha value is -2.69. The number of aliphatic hydroxyl groups is 1. The Morgan fingerprint density at radius 1 is 0.500 bits per heavy atom. The summed E-state index contributed by atoms with van der Waals surface area (Å²) < 4.78 is 22.1. The van der Waals surface area contributed by atoms with Gasteiger partial charge in [-0.05, 0) is 34.6 Å². The van der Waals surface area contributed by atoms with Crippen molar-refractivity contribution in [3.05, 3.63) is 0 Å². The molecule has 11 nitrogen and oxygen atoms in total. The molecule has 0 radical (unpaired) electrons. The summed E-state index contributed by atoms with van der Waals surface area (Å²) in [5.74, 6) is -1.18. The number of hydrogen-bond donors (Lipinski definition) is 1. The van der Waals surface area contributed by atoms with Crippen LogP contribution >= 0.6 is 0 Å². The molecule has 0 atom stereocenters. The molecule has 0 fully saturated rings. The van der Waals surface area contributed by atoms with E-state index in [0.717, 1.165) is 0 Å². The zero-order valence-electron chi connectivity index (χ0n) is 21.0. The Kier molecular flexibility index (Phi) is 44.4. The van der Waals surface area contributed by atoms with E-state index in [0.29, 0.717) is 33.0 Å². The van der Waals surface area contributed by atoms with Gasteiger partial charge in [0.25, 0.3) is 0 Å². The summed E-state index contributed by atoms with van der Waals surface area (Å²) in [5.41, 5.74) is 0. The fourth-order valence-electron chi connectivity index (χ4n) is 1.14. The molecule has 0 amide bonds. The smallest absolute Gasteiger partial charge is 0.308 e. The van der Waals surface area contributed by atoms with E-state index in [4.69, 9.17) is 5.11 Å². The topological polar surface area (TPSA) is 152 Å². The van der Waals surface area contributed by atoms with Crippen LogP contribution in [0.15, 0.2) is 0 Å². The van der Waals surface area contributed by atoms with Gasteiger partial charge >= 0.3 is 29.8 Å². The first kappa shape index (κ1) is 39.7. The van der Waals surface area contributed by atoms with Crippen LogP contribution in [0.3, 0.4) is 0 Å². The van der Waals surface area contributed by atoms with Gasteiger partial charge < -0.3 is 28.8 Å². The van der Waals surface area contributed by atoms with E-state index in [1.807, 2.05) is 0 Å². The largest absolute Gasteiger partial charge is 0.466 e.